The van der Waals surface area contributed by atoms with Crippen LogP contribution in [0, 0.1) is 0 Å². The first-order chi connectivity index (χ1) is 11.1. The van der Waals surface area contributed by atoms with Gasteiger partial charge in [-0.2, -0.15) is 0 Å². The standard InChI is InChI=1S/C10H13NO.C9H11NO/c1-11-6-5-8-3-2-4-10(12)9(8)7-11;11-9-3-1-2-7-4-5-10-6-8(7)9/h2-4,12H,5-7H2,1H3;1-3,10-11H,4-6H2. The fourth-order valence-electron chi connectivity index (χ4n) is 3.19. The normalized spacial score (nSPS) is 16.7. The number of likely N-dealkylation sites (N-methyl/N-ethyl adjacent to an activating group) is 1. The van der Waals surface area contributed by atoms with Crippen LogP contribution in [0.2, 0.25) is 0 Å². The molecule has 2 aromatic carbocycles. The molecule has 3 N–H and O–H groups in total. The first-order valence-electron chi connectivity index (χ1n) is 8.14. The van der Waals surface area contributed by atoms with Crippen molar-refractivity contribution in [3.8, 4) is 11.5 Å². The maximum absolute atomic E-state index is 9.55. The third-order valence-electron chi connectivity index (χ3n) is 4.56. The molecule has 0 aliphatic carbocycles. The Morgan fingerprint density at radius 3 is 2.26 bits per heavy atom. The summed E-state index contributed by atoms with van der Waals surface area (Å²) in [5.74, 6) is 0.869. The molecule has 0 amide bonds. The summed E-state index contributed by atoms with van der Waals surface area (Å²) in [6, 6.07) is 11.5. The lowest BCUT2D eigenvalue weighted by atomic mass is 9.99. The topological polar surface area (TPSA) is 55.7 Å². The molecule has 0 spiro atoms. The Balaban J connectivity index is 0.000000136. The highest BCUT2D eigenvalue weighted by Gasteiger charge is 2.15. The fourth-order valence-corrected chi connectivity index (χ4v) is 3.19. The van der Waals surface area contributed by atoms with E-state index in [1.807, 2.05) is 12.1 Å². The first-order valence-corrected chi connectivity index (χ1v) is 8.14. The summed E-state index contributed by atoms with van der Waals surface area (Å²) in [6.45, 7) is 3.80. The Morgan fingerprint density at radius 1 is 0.913 bits per heavy atom. The van der Waals surface area contributed by atoms with Gasteiger partial charge in [-0.3, -0.25) is 0 Å². The summed E-state index contributed by atoms with van der Waals surface area (Å²) in [5, 5.41) is 22.2. The zero-order valence-corrected chi connectivity index (χ0v) is 13.5. The summed E-state index contributed by atoms with van der Waals surface area (Å²) in [5.41, 5.74) is 4.75. The molecule has 0 fully saturated rings. The van der Waals surface area contributed by atoms with Crippen LogP contribution in [0.5, 0.6) is 11.5 Å². The predicted molar refractivity (Wildman–Crippen MR) is 91.7 cm³/mol. The quantitative estimate of drug-likeness (QED) is 0.699. The van der Waals surface area contributed by atoms with Gasteiger partial charge in [0.15, 0.2) is 0 Å². The molecule has 4 nitrogen and oxygen atoms in total. The van der Waals surface area contributed by atoms with E-state index in [1.165, 1.54) is 11.1 Å². The number of phenols is 2. The zero-order valence-electron chi connectivity index (χ0n) is 13.5. The smallest absolute Gasteiger partial charge is 0.120 e. The third-order valence-corrected chi connectivity index (χ3v) is 4.56. The van der Waals surface area contributed by atoms with E-state index < -0.39 is 0 Å². The highest BCUT2D eigenvalue weighted by atomic mass is 16.3. The van der Waals surface area contributed by atoms with Crippen LogP contribution in [0.1, 0.15) is 22.3 Å². The van der Waals surface area contributed by atoms with Crippen molar-refractivity contribution in [3.63, 3.8) is 0 Å². The van der Waals surface area contributed by atoms with Gasteiger partial charge >= 0.3 is 0 Å². The molecule has 4 heteroatoms. The molecule has 0 saturated carbocycles. The van der Waals surface area contributed by atoms with Crippen LogP contribution in [0.4, 0.5) is 0 Å². The van der Waals surface area contributed by atoms with Crippen molar-refractivity contribution in [2.24, 2.45) is 0 Å². The third kappa shape index (κ3) is 3.66. The highest BCUT2D eigenvalue weighted by molar-refractivity contribution is 5.41. The second-order valence-corrected chi connectivity index (χ2v) is 6.24. The van der Waals surface area contributed by atoms with Gasteiger partial charge in [0, 0.05) is 30.8 Å². The van der Waals surface area contributed by atoms with Gasteiger partial charge < -0.3 is 20.4 Å². The summed E-state index contributed by atoms with van der Waals surface area (Å²) in [7, 11) is 2.08. The zero-order chi connectivity index (χ0) is 16.2. The molecule has 0 aromatic heterocycles. The molecule has 0 unspecified atom stereocenters. The lowest BCUT2D eigenvalue weighted by Crippen LogP contribution is -2.26. The van der Waals surface area contributed by atoms with E-state index in [0.29, 0.717) is 11.5 Å². The summed E-state index contributed by atoms with van der Waals surface area (Å²) in [4.78, 5) is 2.22. The monoisotopic (exact) mass is 312 g/mol. The first kappa shape index (κ1) is 15.8. The van der Waals surface area contributed by atoms with Crippen LogP contribution in [0.3, 0.4) is 0 Å². The van der Waals surface area contributed by atoms with Crippen molar-refractivity contribution in [2.45, 2.75) is 25.9 Å². The predicted octanol–water partition coefficient (Wildman–Crippen LogP) is 2.42. The minimum Gasteiger partial charge on any atom is -0.508 e. The van der Waals surface area contributed by atoms with Gasteiger partial charge in [0.2, 0.25) is 0 Å². The Kier molecular flexibility index (Phi) is 4.84. The molecule has 0 bridgehead atoms. The van der Waals surface area contributed by atoms with Gasteiger partial charge in [0.05, 0.1) is 0 Å². The number of nitrogens with zero attached hydrogens (tertiary/aromatic N) is 1. The van der Waals surface area contributed by atoms with Gasteiger partial charge in [-0.25, -0.2) is 0 Å². The van der Waals surface area contributed by atoms with E-state index >= 15 is 0 Å². The lowest BCUT2D eigenvalue weighted by molar-refractivity contribution is 0.305. The number of phenolic OH excluding ortho intramolecular Hbond substituents is 2. The molecule has 0 saturated heterocycles. The summed E-state index contributed by atoms with van der Waals surface area (Å²) >= 11 is 0. The number of hydrogen-bond acceptors (Lipinski definition) is 4. The molecule has 122 valence electrons. The van der Waals surface area contributed by atoms with Gasteiger partial charge in [-0.1, -0.05) is 24.3 Å². The van der Waals surface area contributed by atoms with Crippen LogP contribution in [0.15, 0.2) is 36.4 Å². The molecule has 2 aliphatic heterocycles. The van der Waals surface area contributed by atoms with E-state index in [9.17, 15) is 10.2 Å². The maximum Gasteiger partial charge on any atom is 0.120 e. The Morgan fingerprint density at radius 2 is 1.57 bits per heavy atom. The van der Waals surface area contributed by atoms with Crippen molar-refractivity contribution in [3.05, 3.63) is 58.7 Å². The molecular weight excluding hydrogens is 288 g/mol. The van der Waals surface area contributed by atoms with Crippen LogP contribution >= 0.6 is 0 Å². The average molecular weight is 312 g/mol. The van der Waals surface area contributed by atoms with Crippen molar-refractivity contribution in [1.82, 2.24) is 10.2 Å². The Bertz CT molecular complexity index is 685. The van der Waals surface area contributed by atoms with Crippen LogP contribution < -0.4 is 5.32 Å². The molecule has 2 heterocycles. The largest absolute Gasteiger partial charge is 0.508 e. The summed E-state index contributed by atoms with van der Waals surface area (Å²) < 4.78 is 0. The van der Waals surface area contributed by atoms with Crippen molar-refractivity contribution in [2.75, 3.05) is 20.1 Å². The average Bonchev–Trinajstić information content (AvgIpc) is 2.57. The second kappa shape index (κ2) is 7.02. The fraction of sp³-hybridized carbons (Fsp3) is 0.368. The minimum absolute atomic E-state index is 0.426. The maximum atomic E-state index is 9.55. The number of benzene rings is 2. The molecule has 23 heavy (non-hydrogen) atoms. The lowest BCUT2D eigenvalue weighted by Gasteiger charge is -2.25. The van der Waals surface area contributed by atoms with Crippen molar-refractivity contribution in [1.29, 1.82) is 0 Å². The second-order valence-electron chi connectivity index (χ2n) is 6.24. The van der Waals surface area contributed by atoms with Gasteiger partial charge in [-0.15, -0.1) is 0 Å². The molecule has 2 aliphatic rings. The molecule has 4 rings (SSSR count). The number of aromatic hydroxyl groups is 2. The number of fused-ring (bicyclic) bond motifs is 2. The molecule has 2 aromatic rings. The Labute approximate surface area is 137 Å². The van der Waals surface area contributed by atoms with Crippen molar-refractivity contribution >= 4 is 0 Å². The molecular formula is C19H24N2O2. The number of rotatable bonds is 0. The SMILES string of the molecule is CN1CCc2cccc(O)c2C1.Oc1cccc2c1CNCC2. The number of nitrogens with one attached hydrogen (secondary N) is 1. The Hall–Kier alpha value is -2.04. The van der Waals surface area contributed by atoms with E-state index in [4.69, 9.17) is 0 Å². The highest BCUT2D eigenvalue weighted by Crippen LogP contribution is 2.26. The molecule has 0 radical (unpaired) electrons. The van der Waals surface area contributed by atoms with Crippen LogP contribution in [-0.4, -0.2) is 35.3 Å². The van der Waals surface area contributed by atoms with E-state index in [1.54, 1.807) is 12.1 Å². The van der Waals surface area contributed by atoms with Crippen molar-refractivity contribution < 1.29 is 10.2 Å². The van der Waals surface area contributed by atoms with Gasteiger partial charge in [0.1, 0.15) is 11.5 Å². The van der Waals surface area contributed by atoms with E-state index in [0.717, 1.165) is 50.1 Å². The molecule has 0 atom stereocenters. The number of hydrogen-bond donors (Lipinski definition) is 3. The van der Waals surface area contributed by atoms with E-state index in [2.05, 4.69) is 29.4 Å². The minimum atomic E-state index is 0.426. The van der Waals surface area contributed by atoms with Crippen LogP contribution in [-0.2, 0) is 25.9 Å². The van der Waals surface area contributed by atoms with Gasteiger partial charge in [0.25, 0.3) is 0 Å². The summed E-state index contributed by atoms with van der Waals surface area (Å²) in [6.07, 6.45) is 2.09. The van der Waals surface area contributed by atoms with E-state index in [-0.39, 0.29) is 0 Å². The van der Waals surface area contributed by atoms with Gasteiger partial charge in [-0.05, 0) is 49.7 Å². The van der Waals surface area contributed by atoms with Crippen LogP contribution in [0.25, 0.3) is 0 Å².